The molecule has 0 amide bonds. The predicted octanol–water partition coefficient (Wildman–Crippen LogP) is 5.33. The quantitative estimate of drug-likeness (QED) is 0.638. The van der Waals surface area contributed by atoms with Crippen LogP contribution in [0.2, 0.25) is 0 Å². The van der Waals surface area contributed by atoms with Crippen LogP contribution in [0.4, 0.5) is 10.8 Å². The summed E-state index contributed by atoms with van der Waals surface area (Å²) in [6.45, 7) is 0. The van der Waals surface area contributed by atoms with Crippen molar-refractivity contribution < 1.29 is 9.47 Å². The topological polar surface area (TPSA) is 43.4 Å². The van der Waals surface area contributed by atoms with E-state index in [1.807, 2.05) is 47.8 Å². The minimum absolute atomic E-state index is 0.694. The highest BCUT2D eigenvalue weighted by atomic mass is 79.9. The summed E-state index contributed by atoms with van der Waals surface area (Å²) in [5, 5.41) is 6.16. The number of rotatable bonds is 5. The fourth-order valence-electron chi connectivity index (χ4n) is 2.15. The average Bonchev–Trinajstić information content (AvgIpc) is 3.02. The molecule has 0 spiro atoms. The van der Waals surface area contributed by atoms with Gasteiger partial charge in [-0.25, -0.2) is 4.98 Å². The molecule has 1 N–H and O–H groups in total. The molecule has 0 aliphatic carbocycles. The van der Waals surface area contributed by atoms with Gasteiger partial charge in [-0.1, -0.05) is 22.0 Å². The van der Waals surface area contributed by atoms with Gasteiger partial charge in [-0.05, 0) is 36.4 Å². The van der Waals surface area contributed by atoms with E-state index in [0.717, 1.165) is 26.5 Å². The molecule has 3 rings (SSSR count). The second-order valence-corrected chi connectivity index (χ2v) is 6.52. The summed E-state index contributed by atoms with van der Waals surface area (Å²) >= 11 is 5.02. The molecule has 0 saturated heterocycles. The molecule has 23 heavy (non-hydrogen) atoms. The SMILES string of the molecule is COc1ccc(-c2csc(Nc3cccc(Br)c3)n2)cc1OC. The molecule has 1 heterocycles. The van der Waals surface area contributed by atoms with Gasteiger partial charge >= 0.3 is 0 Å². The van der Waals surface area contributed by atoms with Gasteiger partial charge in [0.05, 0.1) is 19.9 Å². The molecule has 0 fully saturated rings. The summed E-state index contributed by atoms with van der Waals surface area (Å²) in [6, 6.07) is 13.8. The third-order valence-corrected chi connectivity index (χ3v) is 4.51. The Balaban J connectivity index is 1.84. The van der Waals surface area contributed by atoms with Crippen LogP contribution in [-0.2, 0) is 0 Å². The van der Waals surface area contributed by atoms with E-state index in [2.05, 4.69) is 26.2 Å². The number of hydrogen-bond donors (Lipinski definition) is 1. The molecule has 1 aromatic heterocycles. The summed E-state index contributed by atoms with van der Waals surface area (Å²) < 4.78 is 11.6. The van der Waals surface area contributed by atoms with Crippen molar-refractivity contribution in [2.45, 2.75) is 0 Å². The number of thiazole rings is 1. The van der Waals surface area contributed by atoms with E-state index in [1.54, 1.807) is 25.6 Å². The summed E-state index contributed by atoms with van der Waals surface area (Å²) in [4.78, 5) is 4.63. The molecule has 4 nitrogen and oxygen atoms in total. The zero-order valence-electron chi connectivity index (χ0n) is 12.7. The van der Waals surface area contributed by atoms with Gasteiger partial charge < -0.3 is 14.8 Å². The highest BCUT2D eigenvalue weighted by molar-refractivity contribution is 9.10. The van der Waals surface area contributed by atoms with Gasteiger partial charge in [0.15, 0.2) is 16.6 Å². The van der Waals surface area contributed by atoms with Crippen LogP contribution in [0.25, 0.3) is 11.3 Å². The summed E-state index contributed by atoms with van der Waals surface area (Å²) in [7, 11) is 3.25. The maximum absolute atomic E-state index is 5.34. The predicted molar refractivity (Wildman–Crippen MR) is 98.1 cm³/mol. The lowest BCUT2D eigenvalue weighted by Crippen LogP contribution is -1.91. The largest absolute Gasteiger partial charge is 0.493 e. The average molecular weight is 391 g/mol. The Hall–Kier alpha value is -2.05. The highest BCUT2D eigenvalue weighted by Gasteiger charge is 2.09. The van der Waals surface area contributed by atoms with Gasteiger partial charge in [0, 0.05) is 21.1 Å². The van der Waals surface area contributed by atoms with Crippen LogP contribution >= 0.6 is 27.3 Å². The number of nitrogens with zero attached hydrogens (tertiary/aromatic N) is 1. The lowest BCUT2D eigenvalue weighted by molar-refractivity contribution is 0.355. The third kappa shape index (κ3) is 3.65. The number of methoxy groups -OCH3 is 2. The van der Waals surface area contributed by atoms with Crippen LogP contribution in [0.5, 0.6) is 11.5 Å². The van der Waals surface area contributed by atoms with Crippen molar-refractivity contribution in [3.63, 3.8) is 0 Å². The Labute approximate surface area is 147 Å². The Bertz CT molecular complexity index is 820. The first-order chi connectivity index (χ1) is 11.2. The smallest absolute Gasteiger partial charge is 0.187 e. The monoisotopic (exact) mass is 390 g/mol. The number of aromatic nitrogens is 1. The molecule has 2 aromatic carbocycles. The van der Waals surface area contributed by atoms with Gasteiger partial charge in [0.2, 0.25) is 0 Å². The number of benzene rings is 2. The van der Waals surface area contributed by atoms with E-state index in [0.29, 0.717) is 11.5 Å². The molecule has 3 aromatic rings. The van der Waals surface area contributed by atoms with E-state index in [9.17, 15) is 0 Å². The first kappa shape index (κ1) is 15.8. The first-order valence-corrected chi connectivity index (χ1v) is 8.57. The zero-order chi connectivity index (χ0) is 16.2. The number of ether oxygens (including phenoxy) is 2. The van der Waals surface area contributed by atoms with E-state index >= 15 is 0 Å². The van der Waals surface area contributed by atoms with Gasteiger partial charge in [-0.2, -0.15) is 0 Å². The molecule has 0 unspecified atom stereocenters. The fraction of sp³-hybridized carbons (Fsp3) is 0.118. The van der Waals surface area contributed by atoms with Crippen LogP contribution in [0.15, 0.2) is 52.3 Å². The van der Waals surface area contributed by atoms with Crippen LogP contribution < -0.4 is 14.8 Å². The molecular formula is C17H15BrN2O2S. The molecular weight excluding hydrogens is 376 g/mol. The van der Waals surface area contributed by atoms with E-state index < -0.39 is 0 Å². The van der Waals surface area contributed by atoms with Crippen molar-refractivity contribution >= 4 is 38.1 Å². The molecule has 0 aliphatic rings. The number of nitrogens with one attached hydrogen (secondary N) is 1. The molecule has 6 heteroatoms. The number of hydrogen-bond acceptors (Lipinski definition) is 5. The van der Waals surface area contributed by atoms with Crippen molar-refractivity contribution in [3.8, 4) is 22.8 Å². The number of halogens is 1. The molecule has 0 aliphatic heterocycles. The third-order valence-electron chi connectivity index (χ3n) is 3.26. The minimum atomic E-state index is 0.694. The van der Waals surface area contributed by atoms with Gasteiger partial charge in [-0.3, -0.25) is 0 Å². The normalized spacial score (nSPS) is 10.4. The Morgan fingerprint density at radius 2 is 1.87 bits per heavy atom. The van der Waals surface area contributed by atoms with Crippen molar-refractivity contribution in [2.24, 2.45) is 0 Å². The van der Waals surface area contributed by atoms with Crippen molar-refractivity contribution in [1.82, 2.24) is 4.98 Å². The van der Waals surface area contributed by atoms with Gasteiger partial charge in [0.1, 0.15) is 0 Å². The van der Waals surface area contributed by atoms with Crippen LogP contribution in [0.1, 0.15) is 0 Å². The second kappa shape index (κ2) is 7.02. The minimum Gasteiger partial charge on any atom is -0.493 e. The summed E-state index contributed by atoms with van der Waals surface area (Å²) in [5.74, 6) is 1.40. The summed E-state index contributed by atoms with van der Waals surface area (Å²) in [6.07, 6.45) is 0. The Morgan fingerprint density at radius 3 is 2.61 bits per heavy atom. The molecule has 0 atom stereocenters. The second-order valence-electron chi connectivity index (χ2n) is 4.74. The standard InChI is InChI=1S/C17H15BrN2O2S/c1-21-15-7-6-11(8-16(15)22-2)14-10-23-17(20-14)19-13-5-3-4-12(18)9-13/h3-10H,1-2H3,(H,19,20). The van der Waals surface area contributed by atoms with Crippen molar-refractivity contribution in [1.29, 1.82) is 0 Å². The molecule has 0 radical (unpaired) electrons. The van der Waals surface area contributed by atoms with Crippen LogP contribution in [0, 0.1) is 0 Å². The number of anilines is 2. The van der Waals surface area contributed by atoms with Crippen molar-refractivity contribution in [2.75, 3.05) is 19.5 Å². The lowest BCUT2D eigenvalue weighted by Gasteiger charge is -2.08. The lowest BCUT2D eigenvalue weighted by atomic mass is 10.1. The van der Waals surface area contributed by atoms with E-state index in [-0.39, 0.29) is 0 Å². The molecule has 0 saturated carbocycles. The van der Waals surface area contributed by atoms with E-state index in [1.165, 1.54) is 0 Å². The maximum atomic E-state index is 5.34. The van der Waals surface area contributed by atoms with Crippen LogP contribution in [0.3, 0.4) is 0 Å². The fourth-order valence-corrected chi connectivity index (χ4v) is 3.29. The zero-order valence-corrected chi connectivity index (χ0v) is 15.1. The Morgan fingerprint density at radius 1 is 1.04 bits per heavy atom. The maximum Gasteiger partial charge on any atom is 0.187 e. The molecule has 0 bridgehead atoms. The highest BCUT2D eigenvalue weighted by Crippen LogP contribution is 2.34. The molecule has 118 valence electrons. The van der Waals surface area contributed by atoms with E-state index in [4.69, 9.17) is 9.47 Å². The first-order valence-electron chi connectivity index (χ1n) is 6.90. The van der Waals surface area contributed by atoms with Gasteiger partial charge in [0.25, 0.3) is 0 Å². The Kier molecular flexibility index (Phi) is 4.83. The summed E-state index contributed by atoms with van der Waals surface area (Å²) in [5.41, 5.74) is 2.88. The van der Waals surface area contributed by atoms with Crippen molar-refractivity contribution in [3.05, 3.63) is 52.3 Å². The van der Waals surface area contributed by atoms with Gasteiger partial charge in [-0.15, -0.1) is 11.3 Å². The van der Waals surface area contributed by atoms with Crippen LogP contribution in [-0.4, -0.2) is 19.2 Å².